The van der Waals surface area contributed by atoms with Crippen molar-refractivity contribution in [3.8, 4) is 5.75 Å². The summed E-state index contributed by atoms with van der Waals surface area (Å²) < 4.78 is 29.1. The van der Waals surface area contributed by atoms with Gasteiger partial charge in [0.2, 0.25) is 0 Å². The van der Waals surface area contributed by atoms with E-state index in [1.807, 2.05) is 25.1 Å². The SMILES string of the molecule is Cc1ccc(NCc2ccccc2OC(F)F)c(Cl)c1. The Hall–Kier alpha value is -1.81. The molecule has 0 amide bonds. The maximum Gasteiger partial charge on any atom is 0.387 e. The average Bonchev–Trinajstić information content (AvgIpc) is 2.39. The van der Waals surface area contributed by atoms with Gasteiger partial charge < -0.3 is 10.1 Å². The van der Waals surface area contributed by atoms with Crippen LogP contribution in [0, 0.1) is 6.92 Å². The second kappa shape index (κ2) is 6.57. The van der Waals surface area contributed by atoms with Gasteiger partial charge in [-0.05, 0) is 30.7 Å². The highest BCUT2D eigenvalue weighted by molar-refractivity contribution is 6.33. The Morgan fingerprint density at radius 2 is 1.95 bits per heavy atom. The lowest BCUT2D eigenvalue weighted by atomic mass is 10.2. The third kappa shape index (κ3) is 3.84. The molecule has 2 nitrogen and oxygen atoms in total. The number of anilines is 1. The lowest BCUT2D eigenvalue weighted by molar-refractivity contribution is -0.0504. The molecule has 0 bridgehead atoms. The molecule has 0 spiro atoms. The minimum absolute atomic E-state index is 0.165. The van der Waals surface area contributed by atoms with Crippen molar-refractivity contribution in [2.45, 2.75) is 20.1 Å². The maximum absolute atomic E-state index is 12.3. The molecule has 0 fully saturated rings. The van der Waals surface area contributed by atoms with Crippen LogP contribution in [0.2, 0.25) is 5.02 Å². The Kier molecular flexibility index (Phi) is 4.79. The van der Waals surface area contributed by atoms with Crippen LogP contribution in [0.25, 0.3) is 0 Å². The summed E-state index contributed by atoms with van der Waals surface area (Å²) in [6.07, 6.45) is 0. The summed E-state index contributed by atoms with van der Waals surface area (Å²) in [6, 6.07) is 12.3. The van der Waals surface area contributed by atoms with E-state index in [4.69, 9.17) is 11.6 Å². The highest BCUT2D eigenvalue weighted by Gasteiger charge is 2.09. The molecule has 0 radical (unpaired) electrons. The van der Waals surface area contributed by atoms with E-state index in [9.17, 15) is 8.78 Å². The van der Waals surface area contributed by atoms with Gasteiger partial charge in [-0.1, -0.05) is 35.9 Å². The minimum atomic E-state index is -2.83. The quantitative estimate of drug-likeness (QED) is 0.851. The summed E-state index contributed by atoms with van der Waals surface area (Å²) in [4.78, 5) is 0. The first kappa shape index (κ1) is 14.6. The second-order valence-corrected chi connectivity index (χ2v) is 4.73. The Bertz CT molecular complexity index is 590. The van der Waals surface area contributed by atoms with Crippen molar-refractivity contribution < 1.29 is 13.5 Å². The molecule has 0 atom stereocenters. The van der Waals surface area contributed by atoms with Gasteiger partial charge in [0.15, 0.2) is 0 Å². The number of aryl methyl sites for hydroxylation is 1. The number of nitrogens with one attached hydrogen (secondary N) is 1. The van der Waals surface area contributed by atoms with E-state index in [0.29, 0.717) is 17.1 Å². The molecule has 0 aliphatic carbocycles. The third-order valence-electron chi connectivity index (χ3n) is 2.78. The zero-order chi connectivity index (χ0) is 14.5. The van der Waals surface area contributed by atoms with Gasteiger partial charge in [-0.2, -0.15) is 8.78 Å². The highest BCUT2D eigenvalue weighted by Crippen LogP contribution is 2.25. The fourth-order valence-corrected chi connectivity index (χ4v) is 2.12. The summed E-state index contributed by atoms with van der Waals surface area (Å²) in [6.45, 7) is -0.535. The van der Waals surface area contributed by atoms with Crippen LogP contribution in [0.15, 0.2) is 42.5 Å². The van der Waals surface area contributed by atoms with Crippen molar-refractivity contribution in [3.63, 3.8) is 0 Å². The van der Waals surface area contributed by atoms with E-state index in [0.717, 1.165) is 11.3 Å². The fraction of sp³-hybridized carbons (Fsp3) is 0.200. The molecule has 0 heterocycles. The molecule has 2 aromatic rings. The zero-order valence-electron chi connectivity index (χ0n) is 10.9. The lowest BCUT2D eigenvalue weighted by Gasteiger charge is -2.13. The van der Waals surface area contributed by atoms with E-state index in [1.165, 1.54) is 6.07 Å². The molecule has 0 aliphatic rings. The maximum atomic E-state index is 12.3. The molecular weight excluding hydrogens is 284 g/mol. The number of alkyl halides is 2. The van der Waals surface area contributed by atoms with Gasteiger partial charge in [-0.15, -0.1) is 0 Å². The van der Waals surface area contributed by atoms with Crippen molar-refractivity contribution in [3.05, 3.63) is 58.6 Å². The predicted octanol–water partition coefficient (Wildman–Crippen LogP) is 4.86. The topological polar surface area (TPSA) is 21.3 Å². The first-order valence-corrected chi connectivity index (χ1v) is 6.47. The molecule has 106 valence electrons. The van der Waals surface area contributed by atoms with Gasteiger partial charge in [-0.3, -0.25) is 0 Å². The smallest absolute Gasteiger partial charge is 0.387 e. The Morgan fingerprint density at radius 1 is 1.20 bits per heavy atom. The molecular formula is C15H14ClF2NO. The first-order chi connectivity index (χ1) is 9.56. The molecule has 1 N–H and O–H groups in total. The molecule has 0 aliphatic heterocycles. The van der Waals surface area contributed by atoms with Crippen LogP contribution in [0.3, 0.4) is 0 Å². The number of hydrogen-bond donors (Lipinski definition) is 1. The standard InChI is InChI=1S/C15H14ClF2NO/c1-10-6-7-13(12(16)8-10)19-9-11-4-2-3-5-14(11)20-15(17)18/h2-8,15,19H,9H2,1H3. The van der Waals surface area contributed by atoms with E-state index in [1.54, 1.807) is 18.2 Å². The zero-order valence-corrected chi connectivity index (χ0v) is 11.6. The Balaban J connectivity index is 2.10. The lowest BCUT2D eigenvalue weighted by Crippen LogP contribution is -2.07. The van der Waals surface area contributed by atoms with E-state index in [2.05, 4.69) is 10.1 Å². The monoisotopic (exact) mass is 297 g/mol. The number of halogens is 3. The highest BCUT2D eigenvalue weighted by atomic mass is 35.5. The van der Waals surface area contributed by atoms with Crippen LogP contribution in [0.1, 0.15) is 11.1 Å². The second-order valence-electron chi connectivity index (χ2n) is 4.32. The van der Waals surface area contributed by atoms with Crippen LogP contribution in [0.4, 0.5) is 14.5 Å². The van der Waals surface area contributed by atoms with Crippen molar-refractivity contribution in [1.29, 1.82) is 0 Å². The van der Waals surface area contributed by atoms with Crippen molar-refractivity contribution in [1.82, 2.24) is 0 Å². The largest absolute Gasteiger partial charge is 0.434 e. The number of hydrogen-bond acceptors (Lipinski definition) is 2. The van der Waals surface area contributed by atoms with Gasteiger partial charge in [0.1, 0.15) is 5.75 Å². The number of para-hydroxylation sites is 1. The Morgan fingerprint density at radius 3 is 2.65 bits per heavy atom. The van der Waals surface area contributed by atoms with Gasteiger partial charge >= 0.3 is 6.61 Å². The number of ether oxygens (including phenoxy) is 1. The molecule has 0 saturated heterocycles. The summed E-state index contributed by atoms with van der Waals surface area (Å²) in [5.74, 6) is 0.165. The molecule has 2 rings (SSSR count). The van der Waals surface area contributed by atoms with Crippen molar-refractivity contribution >= 4 is 17.3 Å². The molecule has 0 aromatic heterocycles. The molecule has 5 heteroatoms. The summed E-state index contributed by atoms with van der Waals surface area (Å²) >= 11 is 6.11. The van der Waals surface area contributed by atoms with E-state index in [-0.39, 0.29) is 5.75 Å². The van der Waals surface area contributed by atoms with Gasteiger partial charge in [-0.25, -0.2) is 0 Å². The molecule has 0 saturated carbocycles. The van der Waals surface area contributed by atoms with Crippen molar-refractivity contribution in [2.75, 3.05) is 5.32 Å². The van der Waals surface area contributed by atoms with Crippen LogP contribution >= 0.6 is 11.6 Å². The van der Waals surface area contributed by atoms with Gasteiger partial charge in [0, 0.05) is 12.1 Å². The summed E-state index contributed by atoms with van der Waals surface area (Å²) in [5.41, 5.74) is 2.45. The number of benzene rings is 2. The fourth-order valence-electron chi connectivity index (χ4n) is 1.81. The first-order valence-electron chi connectivity index (χ1n) is 6.09. The molecule has 20 heavy (non-hydrogen) atoms. The summed E-state index contributed by atoms with van der Waals surface area (Å²) in [5, 5.41) is 3.71. The van der Waals surface area contributed by atoms with Crippen LogP contribution < -0.4 is 10.1 Å². The van der Waals surface area contributed by atoms with E-state index < -0.39 is 6.61 Å². The normalized spacial score (nSPS) is 10.7. The Labute approximate surface area is 121 Å². The predicted molar refractivity (Wildman–Crippen MR) is 76.6 cm³/mol. The van der Waals surface area contributed by atoms with E-state index >= 15 is 0 Å². The summed E-state index contributed by atoms with van der Waals surface area (Å²) in [7, 11) is 0. The molecule has 2 aromatic carbocycles. The number of rotatable bonds is 5. The van der Waals surface area contributed by atoms with Gasteiger partial charge in [0.05, 0.1) is 10.7 Å². The van der Waals surface area contributed by atoms with Crippen LogP contribution in [-0.4, -0.2) is 6.61 Å². The van der Waals surface area contributed by atoms with Crippen LogP contribution in [0.5, 0.6) is 5.75 Å². The average molecular weight is 298 g/mol. The third-order valence-corrected chi connectivity index (χ3v) is 3.10. The van der Waals surface area contributed by atoms with Crippen molar-refractivity contribution in [2.24, 2.45) is 0 Å². The van der Waals surface area contributed by atoms with Gasteiger partial charge in [0.25, 0.3) is 0 Å². The van der Waals surface area contributed by atoms with Crippen LogP contribution in [-0.2, 0) is 6.54 Å². The molecule has 0 unspecified atom stereocenters. The minimum Gasteiger partial charge on any atom is -0.434 e.